The molecule has 2 unspecified atom stereocenters. The Labute approximate surface area is 120 Å². The van der Waals surface area contributed by atoms with Crippen LogP contribution < -0.4 is 0 Å². The van der Waals surface area contributed by atoms with E-state index in [-0.39, 0.29) is 5.60 Å². The molecule has 0 saturated heterocycles. The molecule has 0 radical (unpaired) electrons. The highest BCUT2D eigenvalue weighted by Crippen LogP contribution is 2.53. The van der Waals surface area contributed by atoms with Gasteiger partial charge in [-0.2, -0.15) is 0 Å². The Hall–Kier alpha value is -0.670. The fraction of sp³-hybridized carbons (Fsp3) is 0.333. The predicted molar refractivity (Wildman–Crippen MR) is 81.4 cm³/mol. The summed E-state index contributed by atoms with van der Waals surface area (Å²) in [7, 11) is 0. The zero-order valence-electron chi connectivity index (χ0n) is 10.7. The van der Waals surface area contributed by atoms with Crippen LogP contribution in [-0.4, -0.2) is 10.9 Å². The molecule has 0 bridgehead atoms. The summed E-state index contributed by atoms with van der Waals surface area (Å²) in [6, 6.07) is 8.34. The Kier molecular flexibility index (Phi) is 2.87. The fourth-order valence-corrected chi connectivity index (χ4v) is 4.22. The molecule has 0 N–H and O–H groups in total. The van der Waals surface area contributed by atoms with Gasteiger partial charge >= 0.3 is 0 Å². The Morgan fingerprint density at radius 2 is 1.89 bits per heavy atom. The van der Waals surface area contributed by atoms with Gasteiger partial charge in [0.2, 0.25) is 0 Å². The predicted octanol–water partition coefficient (Wildman–Crippen LogP) is 4.99. The van der Waals surface area contributed by atoms with E-state index in [9.17, 15) is 0 Å². The second kappa shape index (κ2) is 4.17. The van der Waals surface area contributed by atoms with Crippen molar-refractivity contribution < 1.29 is 4.74 Å². The number of halogens is 1. The summed E-state index contributed by atoms with van der Waals surface area (Å²) in [4.78, 5) is 0. The summed E-state index contributed by atoms with van der Waals surface area (Å²) in [5, 5.41) is 2.66. The minimum atomic E-state index is -0.156. The number of rotatable bonds is 1. The van der Waals surface area contributed by atoms with Crippen LogP contribution in [0, 0.1) is 0 Å². The molecule has 0 saturated carbocycles. The first-order chi connectivity index (χ1) is 8.52. The van der Waals surface area contributed by atoms with Crippen LogP contribution in [-0.2, 0) is 4.74 Å². The number of hydrogen-bond acceptors (Lipinski definition) is 2. The molecule has 3 rings (SSSR count). The van der Waals surface area contributed by atoms with Crippen LogP contribution in [0.1, 0.15) is 26.3 Å². The molecular formula is C15H15BrOS. The van der Waals surface area contributed by atoms with E-state index in [4.69, 9.17) is 4.74 Å². The first-order valence-corrected chi connectivity index (χ1v) is 7.74. The third kappa shape index (κ3) is 1.68. The summed E-state index contributed by atoms with van der Waals surface area (Å²) in [6.07, 6.45) is 0. The minimum absolute atomic E-state index is 0.156. The molecule has 2 atom stereocenters. The monoisotopic (exact) mass is 322 g/mol. The van der Waals surface area contributed by atoms with Crippen LogP contribution in [0.25, 0.3) is 5.76 Å². The molecule has 94 valence electrons. The lowest BCUT2D eigenvalue weighted by molar-refractivity contribution is 0.125. The van der Waals surface area contributed by atoms with Gasteiger partial charge in [0.05, 0.1) is 5.25 Å². The number of fused-ring (bicyclic) bond motifs is 1. The van der Waals surface area contributed by atoms with Gasteiger partial charge in [0.15, 0.2) is 0 Å². The Bertz CT molecular complexity index is 558. The number of thioether (sulfide) groups is 1. The maximum Gasteiger partial charge on any atom is 0.144 e. The summed E-state index contributed by atoms with van der Waals surface area (Å²) in [5.41, 5.74) is 3.68. The lowest BCUT2D eigenvalue weighted by atomic mass is 9.92. The topological polar surface area (TPSA) is 9.23 Å². The Morgan fingerprint density at radius 1 is 1.22 bits per heavy atom. The normalized spacial score (nSPS) is 30.2. The summed E-state index contributed by atoms with van der Waals surface area (Å²) < 4.78 is 7.40. The molecule has 3 heteroatoms. The van der Waals surface area contributed by atoms with Crippen molar-refractivity contribution in [3.8, 4) is 0 Å². The molecule has 2 aliphatic rings. The van der Waals surface area contributed by atoms with Gasteiger partial charge in [0.25, 0.3) is 0 Å². The van der Waals surface area contributed by atoms with Crippen molar-refractivity contribution in [1.29, 1.82) is 0 Å². The molecule has 1 aromatic rings. The van der Waals surface area contributed by atoms with Crippen molar-refractivity contribution in [3.63, 3.8) is 0 Å². The van der Waals surface area contributed by atoms with Crippen LogP contribution in [0.3, 0.4) is 0 Å². The molecule has 1 aromatic carbocycles. The smallest absolute Gasteiger partial charge is 0.144 e. The lowest BCUT2D eigenvalue weighted by Crippen LogP contribution is -2.33. The van der Waals surface area contributed by atoms with E-state index >= 15 is 0 Å². The molecular weight excluding hydrogens is 308 g/mol. The van der Waals surface area contributed by atoms with Gasteiger partial charge in [-0.1, -0.05) is 28.1 Å². The molecule has 0 spiro atoms. The van der Waals surface area contributed by atoms with Gasteiger partial charge < -0.3 is 4.74 Å². The molecule has 0 amide bonds. The maximum absolute atomic E-state index is 6.30. The van der Waals surface area contributed by atoms with Crippen molar-refractivity contribution in [3.05, 3.63) is 50.9 Å². The maximum atomic E-state index is 6.30. The summed E-state index contributed by atoms with van der Waals surface area (Å²) in [6.45, 7) is 6.54. The van der Waals surface area contributed by atoms with E-state index in [2.05, 4.69) is 66.4 Å². The van der Waals surface area contributed by atoms with Gasteiger partial charge in [-0.3, -0.25) is 0 Å². The number of ether oxygens (including phenoxy) is 1. The average molecular weight is 323 g/mol. The van der Waals surface area contributed by atoms with E-state index in [1.807, 2.05) is 11.8 Å². The highest BCUT2D eigenvalue weighted by atomic mass is 79.9. The molecule has 1 nitrogen and oxygen atoms in total. The largest absolute Gasteiger partial charge is 0.481 e. The van der Waals surface area contributed by atoms with Gasteiger partial charge in [-0.25, -0.2) is 0 Å². The van der Waals surface area contributed by atoms with Crippen molar-refractivity contribution in [1.82, 2.24) is 0 Å². The molecule has 2 aliphatic heterocycles. The molecule has 0 aliphatic carbocycles. The van der Waals surface area contributed by atoms with Gasteiger partial charge in [-0.05, 0) is 49.5 Å². The molecule has 0 aromatic heterocycles. The Morgan fingerprint density at radius 3 is 2.50 bits per heavy atom. The van der Waals surface area contributed by atoms with Crippen LogP contribution in [0.4, 0.5) is 0 Å². The third-order valence-corrected chi connectivity index (χ3v) is 5.93. The van der Waals surface area contributed by atoms with Crippen molar-refractivity contribution in [2.45, 2.75) is 31.6 Å². The molecule has 2 heterocycles. The van der Waals surface area contributed by atoms with Crippen LogP contribution >= 0.6 is 27.7 Å². The second-order valence-electron chi connectivity index (χ2n) is 5.05. The average Bonchev–Trinajstić information content (AvgIpc) is 2.77. The third-order valence-electron chi connectivity index (χ3n) is 3.84. The standard InChI is InChI=1S/C15H15BrOS/c1-9-8-18-14-10(2)13(17-15(9,14)3)11-4-6-12(16)7-5-11/h4-8,14H,1-3H3. The number of hydrogen-bond donors (Lipinski definition) is 0. The van der Waals surface area contributed by atoms with E-state index in [0.29, 0.717) is 5.25 Å². The van der Waals surface area contributed by atoms with Crippen molar-refractivity contribution in [2.24, 2.45) is 0 Å². The summed E-state index contributed by atoms with van der Waals surface area (Å²) >= 11 is 5.34. The van der Waals surface area contributed by atoms with Crippen molar-refractivity contribution in [2.75, 3.05) is 0 Å². The minimum Gasteiger partial charge on any atom is -0.481 e. The highest BCUT2D eigenvalue weighted by molar-refractivity contribution is 9.10. The van der Waals surface area contributed by atoms with E-state index in [0.717, 1.165) is 10.2 Å². The van der Waals surface area contributed by atoms with Gasteiger partial charge in [-0.15, -0.1) is 11.8 Å². The van der Waals surface area contributed by atoms with Crippen LogP contribution in [0.2, 0.25) is 0 Å². The quantitative estimate of drug-likeness (QED) is 0.720. The van der Waals surface area contributed by atoms with Crippen LogP contribution in [0.5, 0.6) is 0 Å². The second-order valence-corrected chi connectivity index (χ2v) is 6.94. The Balaban J connectivity index is 2.01. The number of benzene rings is 1. The zero-order valence-corrected chi connectivity index (χ0v) is 13.1. The first-order valence-electron chi connectivity index (χ1n) is 6.01. The highest BCUT2D eigenvalue weighted by Gasteiger charge is 2.49. The first kappa shape index (κ1) is 12.4. The zero-order chi connectivity index (χ0) is 12.9. The van der Waals surface area contributed by atoms with Gasteiger partial charge in [0.1, 0.15) is 11.4 Å². The molecule has 18 heavy (non-hydrogen) atoms. The van der Waals surface area contributed by atoms with E-state index in [1.54, 1.807) is 0 Å². The summed E-state index contributed by atoms with van der Waals surface area (Å²) in [5.74, 6) is 1.05. The van der Waals surface area contributed by atoms with Crippen molar-refractivity contribution >= 4 is 33.5 Å². The molecule has 0 fully saturated rings. The fourth-order valence-electron chi connectivity index (χ4n) is 2.57. The van der Waals surface area contributed by atoms with E-state index in [1.165, 1.54) is 16.7 Å². The van der Waals surface area contributed by atoms with E-state index < -0.39 is 0 Å². The SMILES string of the molecule is CC1=CSC2C(C)=C(c3ccc(Br)cc3)OC12C. The van der Waals surface area contributed by atoms with Gasteiger partial charge in [0, 0.05) is 10.0 Å². The lowest BCUT2D eigenvalue weighted by Gasteiger charge is -2.27. The van der Waals surface area contributed by atoms with Crippen LogP contribution in [0.15, 0.2) is 45.3 Å².